The molecule has 0 N–H and O–H groups in total. The van der Waals surface area contributed by atoms with Crippen molar-refractivity contribution in [2.45, 2.75) is 19.0 Å². The topological polar surface area (TPSA) is 59.1 Å². The van der Waals surface area contributed by atoms with Crippen LogP contribution in [-0.4, -0.2) is 44.0 Å². The van der Waals surface area contributed by atoms with Gasteiger partial charge in [-0.05, 0) is 36.9 Å². The van der Waals surface area contributed by atoms with E-state index in [1.54, 1.807) is 42.3 Å². The summed E-state index contributed by atoms with van der Waals surface area (Å²) in [6, 6.07) is 10.4. The molecule has 1 unspecified atom stereocenters. The molecule has 0 aliphatic carbocycles. The molecule has 0 bridgehead atoms. The Hall–Kier alpha value is -2.93. The molecule has 3 rings (SSSR count). The van der Waals surface area contributed by atoms with Crippen molar-refractivity contribution in [1.82, 2.24) is 4.90 Å². The van der Waals surface area contributed by atoms with Gasteiger partial charge < -0.3 is 9.47 Å². The number of hydrogen-bond donors (Lipinski definition) is 0. The van der Waals surface area contributed by atoms with E-state index in [2.05, 4.69) is 0 Å². The van der Waals surface area contributed by atoms with Crippen molar-refractivity contribution in [1.29, 1.82) is 0 Å². The van der Waals surface area contributed by atoms with E-state index < -0.39 is 6.04 Å². The minimum absolute atomic E-state index is 0.0751. The molecular weight excluding hydrogens is 351 g/mol. The lowest BCUT2D eigenvalue weighted by Gasteiger charge is -2.23. The van der Waals surface area contributed by atoms with Crippen molar-refractivity contribution in [3.63, 3.8) is 0 Å². The fourth-order valence-electron chi connectivity index (χ4n) is 3.17. The van der Waals surface area contributed by atoms with Crippen molar-refractivity contribution in [3.05, 3.63) is 53.8 Å². The van der Waals surface area contributed by atoms with Crippen LogP contribution in [0.15, 0.2) is 42.5 Å². The van der Waals surface area contributed by atoms with E-state index in [0.29, 0.717) is 23.7 Å². The number of methoxy groups -OCH3 is 2. The highest BCUT2D eigenvalue weighted by atomic mass is 19.1. The lowest BCUT2D eigenvalue weighted by Crippen LogP contribution is -2.39. The molecule has 2 amide bonds. The van der Waals surface area contributed by atoms with Gasteiger partial charge >= 0.3 is 0 Å². The molecule has 1 saturated heterocycles. The van der Waals surface area contributed by atoms with Gasteiger partial charge in [-0.3, -0.25) is 14.5 Å². The summed E-state index contributed by atoms with van der Waals surface area (Å²) in [5.74, 6) is 0.0383. The molecule has 142 valence electrons. The van der Waals surface area contributed by atoms with E-state index in [1.807, 2.05) is 0 Å². The zero-order chi connectivity index (χ0) is 19.6. The number of hydrogen-bond acceptors (Lipinski definition) is 5. The Labute approximate surface area is 157 Å². The monoisotopic (exact) mass is 372 g/mol. The normalized spacial score (nSPS) is 16.9. The molecule has 1 atom stereocenters. The molecule has 2 aromatic carbocycles. The van der Waals surface area contributed by atoms with Crippen molar-refractivity contribution < 1.29 is 23.5 Å². The van der Waals surface area contributed by atoms with Crippen molar-refractivity contribution in [2.24, 2.45) is 0 Å². The lowest BCUT2D eigenvalue weighted by molar-refractivity contribution is -0.122. The summed E-state index contributed by atoms with van der Waals surface area (Å²) >= 11 is 0. The van der Waals surface area contributed by atoms with Crippen molar-refractivity contribution in [2.75, 3.05) is 26.2 Å². The van der Waals surface area contributed by atoms with Gasteiger partial charge in [-0.15, -0.1) is 0 Å². The molecule has 0 radical (unpaired) electrons. The molecule has 0 saturated carbocycles. The summed E-state index contributed by atoms with van der Waals surface area (Å²) in [5.41, 5.74) is 1.26. The van der Waals surface area contributed by atoms with Gasteiger partial charge in [0, 0.05) is 12.6 Å². The van der Waals surface area contributed by atoms with Gasteiger partial charge in [-0.1, -0.05) is 12.1 Å². The summed E-state index contributed by atoms with van der Waals surface area (Å²) in [6.07, 6.45) is 0.0751. The Morgan fingerprint density at radius 3 is 2.44 bits per heavy atom. The second-order valence-corrected chi connectivity index (χ2v) is 6.37. The fourth-order valence-corrected chi connectivity index (χ4v) is 3.17. The Morgan fingerprint density at radius 2 is 1.81 bits per heavy atom. The average molecular weight is 372 g/mol. The Balaban J connectivity index is 1.81. The fraction of sp³-hybridized carbons (Fsp3) is 0.300. The van der Waals surface area contributed by atoms with Gasteiger partial charge in [-0.25, -0.2) is 9.29 Å². The zero-order valence-electron chi connectivity index (χ0n) is 15.4. The number of ether oxygens (including phenoxy) is 2. The van der Waals surface area contributed by atoms with Crippen LogP contribution in [0.4, 0.5) is 10.1 Å². The predicted molar refractivity (Wildman–Crippen MR) is 98.3 cm³/mol. The summed E-state index contributed by atoms with van der Waals surface area (Å²) in [6.45, 7) is 0.428. The van der Waals surface area contributed by atoms with Crippen LogP contribution in [0.2, 0.25) is 0 Å². The number of nitrogens with zero attached hydrogens (tertiary/aromatic N) is 2. The minimum atomic E-state index is -0.589. The molecule has 1 aliphatic rings. The first-order chi connectivity index (χ1) is 12.9. The number of carbonyl (C=O) groups excluding carboxylic acids is 2. The van der Waals surface area contributed by atoms with Crippen LogP contribution in [0.5, 0.6) is 11.5 Å². The van der Waals surface area contributed by atoms with Crippen LogP contribution in [0.1, 0.15) is 12.0 Å². The molecule has 2 aromatic rings. The highest BCUT2D eigenvalue weighted by molar-refractivity contribution is 6.23. The summed E-state index contributed by atoms with van der Waals surface area (Å²) in [7, 11) is 4.77. The number of carbonyl (C=O) groups is 2. The molecule has 7 heteroatoms. The van der Waals surface area contributed by atoms with Gasteiger partial charge in [0.05, 0.1) is 32.4 Å². The van der Waals surface area contributed by atoms with Crippen LogP contribution >= 0.6 is 0 Å². The Kier molecular flexibility index (Phi) is 5.41. The number of imide groups is 1. The molecule has 0 spiro atoms. The Morgan fingerprint density at radius 1 is 1.11 bits per heavy atom. The van der Waals surface area contributed by atoms with Gasteiger partial charge in [0.2, 0.25) is 5.91 Å². The summed E-state index contributed by atoms with van der Waals surface area (Å²) in [4.78, 5) is 28.5. The maximum atomic E-state index is 13.1. The number of anilines is 1. The standard InChI is InChI=1S/C20H21FN2O4/c1-22(12-13-4-6-14(21)7-5-13)17-11-19(24)23(20(17)25)16-9-8-15(26-2)10-18(16)27-3/h4-10,17H,11-12H2,1-3H3. The number of amides is 2. The molecule has 27 heavy (non-hydrogen) atoms. The van der Waals surface area contributed by atoms with Crippen LogP contribution in [0, 0.1) is 5.82 Å². The van der Waals surface area contributed by atoms with Crippen LogP contribution in [0.3, 0.4) is 0 Å². The van der Waals surface area contributed by atoms with Crippen LogP contribution < -0.4 is 14.4 Å². The van der Waals surface area contributed by atoms with Crippen molar-refractivity contribution in [3.8, 4) is 11.5 Å². The molecule has 6 nitrogen and oxygen atoms in total. The van der Waals surface area contributed by atoms with Gasteiger partial charge in [0.1, 0.15) is 17.3 Å². The van der Waals surface area contributed by atoms with E-state index in [-0.39, 0.29) is 24.1 Å². The van der Waals surface area contributed by atoms with E-state index in [4.69, 9.17) is 9.47 Å². The maximum Gasteiger partial charge on any atom is 0.251 e. The number of benzene rings is 2. The highest BCUT2D eigenvalue weighted by Crippen LogP contribution is 2.36. The van der Waals surface area contributed by atoms with Crippen molar-refractivity contribution >= 4 is 17.5 Å². The second kappa shape index (κ2) is 7.75. The lowest BCUT2D eigenvalue weighted by atomic mass is 10.1. The molecular formula is C20H21FN2O4. The maximum absolute atomic E-state index is 13.1. The largest absolute Gasteiger partial charge is 0.497 e. The smallest absolute Gasteiger partial charge is 0.251 e. The zero-order valence-corrected chi connectivity index (χ0v) is 15.4. The molecule has 0 aromatic heterocycles. The number of rotatable bonds is 6. The molecule has 1 heterocycles. The summed E-state index contributed by atoms with van der Waals surface area (Å²) < 4.78 is 23.5. The first-order valence-corrected chi connectivity index (χ1v) is 8.48. The molecule has 1 aliphatic heterocycles. The SMILES string of the molecule is COc1ccc(N2C(=O)CC(N(C)Cc3ccc(F)cc3)C2=O)c(OC)c1. The minimum Gasteiger partial charge on any atom is -0.497 e. The van der Waals surface area contributed by atoms with Gasteiger partial charge in [0.25, 0.3) is 5.91 Å². The third-order valence-corrected chi connectivity index (χ3v) is 4.63. The quantitative estimate of drug-likeness (QED) is 0.730. The number of halogens is 1. The molecule has 1 fully saturated rings. The van der Waals surface area contributed by atoms with Gasteiger partial charge in [-0.2, -0.15) is 0 Å². The van der Waals surface area contributed by atoms with E-state index in [9.17, 15) is 14.0 Å². The van der Waals surface area contributed by atoms with Crippen LogP contribution in [0.25, 0.3) is 0 Å². The van der Waals surface area contributed by atoms with E-state index in [1.165, 1.54) is 26.4 Å². The second-order valence-electron chi connectivity index (χ2n) is 6.37. The van der Waals surface area contributed by atoms with Crippen LogP contribution in [-0.2, 0) is 16.1 Å². The van der Waals surface area contributed by atoms with E-state index >= 15 is 0 Å². The Bertz CT molecular complexity index is 854. The predicted octanol–water partition coefficient (Wildman–Crippen LogP) is 2.61. The van der Waals surface area contributed by atoms with Gasteiger partial charge in [0.15, 0.2) is 0 Å². The third-order valence-electron chi connectivity index (χ3n) is 4.63. The third kappa shape index (κ3) is 3.78. The van der Waals surface area contributed by atoms with E-state index in [0.717, 1.165) is 10.5 Å². The number of likely N-dealkylation sites (N-methyl/N-ethyl adjacent to an activating group) is 1. The summed E-state index contributed by atoms with van der Waals surface area (Å²) in [5, 5.41) is 0. The first-order valence-electron chi connectivity index (χ1n) is 8.48. The first kappa shape index (κ1) is 18.8. The average Bonchev–Trinajstić information content (AvgIpc) is 2.97. The highest BCUT2D eigenvalue weighted by Gasteiger charge is 2.42.